The Morgan fingerprint density at radius 3 is 2.56 bits per heavy atom. The molecule has 3 nitrogen and oxygen atoms in total. The largest absolute Gasteiger partial charge is 0.463 e. The molecule has 16 heavy (non-hydrogen) atoms. The summed E-state index contributed by atoms with van der Waals surface area (Å²) in [5, 5.41) is 11.6. The van der Waals surface area contributed by atoms with Crippen LogP contribution in [0.1, 0.15) is 6.92 Å². The fourth-order valence-electron chi connectivity index (χ4n) is 1.54. The van der Waals surface area contributed by atoms with Gasteiger partial charge in [-0.3, -0.25) is 0 Å². The highest BCUT2D eigenvalue weighted by Gasteiger charge is 2.12. The van der Waals surface area contributed by atoms with Gasteiger partial charge >= 0.3 is 0 Å². The lowest BCUT2D eigenvalue weighted by Gasteiger charge is -2.17. The van der Waals surface area contributed by atoms with E-state index in [2.05, 4.69) is 0 Å². The Balaban J connectivity index is 2.37. The molecule has 0 aliphatic carbocycles. The highest BCUT2D eigenvalue weighted by atomic mass is 16.6. The van der Waals surface area contributed by atoms with E-state index in [-0.39, 0.29) is 0 Å². The van der Waals surface area contributed by atoms with Crippen LogP contribution in [0, 0.1) is 0 Å². The van der Waals surface area contributed by atoms with E-state index in [1.165, 1.54) is 0 Å². The van der Waals surface area contributed by atoms with Crippen LogP contribution in [0.25, 0.3) is 10.8 Å². The zero-order chi connectivity index (χ0) is 11.5. The molecule has 0 saturated carbocycles. The van der Waals surface area contributed by atoms with Gasteiger partial charge in [0.1, 0.15) is 5.75 Å². The molecule has 2 aromatic carbocycles. The summed E-state index contributed by atoms with van der Waals surface area (Å²) in [6.07, 6.45) is -0.981. The molecule has 3 N–H and O–H groups in total. The van der Waals surface area contributed by atoms with E-state index < -0.39 is 12.3 Å². The first-order valence-electron chi connectivity index (χ1n) is 5.26. The molecule has 0 amide bonds. The SMILES string of the molecule is CC(N)C(O)Oc1cccc2ccccc12. The molecule has 0 aliphatic heterocycles. The van der Waals surface area contributed by atoms with Crippen molar-refractivity contribution in [2.45, 2.75) is 19.3 Å². The van der Waals surface area contributed by atoms with Gasteiger partial charge in [-0.25, -0.2) is 0 Å². The van der Waals surface area contributed by atoms with Crippen molar-refractivity contribution in [2.75, 3.05) is 0 Å². The van der Waals surface area contributed by atoms with Gasteiger partial charge in [0.15, 0.2) is 0 Å². The van der Waals surface area contributed by atoms with Crippen molar-refractivity contribution in [2.24, 2.45) is 5.73 Å². The van der Waals surface area contributed by atoms with E-state index in [9.17, 15) is 5.11 Å². The van der Waals surface area contributed by atoms with Gasteiger partial charge in [-0.2, -0.15) is 0 Å². The number of aliphatic hydroxyl groups excluding tert-OH is 1. The molecule has 2 unspecified atom stereocenters. The van der Waals surface area contributed by atoms with Gasteiger partial charge in [0.25, 0.3) is 0 Å². The summed E-state index contributed by atoms with van der Waals surface area (Å²) in [4.78, 5) is 0. The van der Waals surface area contributed by atoms with Gasteiger partial charge in [0, 0.05) is 5.39 Å². The van der Waals surface area contributed by atoms with E-state index in [0.29, 0.717) is 5.75 Å². The Bertz CT molecular complexity index is 477. The van der Waals surface area contributed by atoms with Crippen molar-refractivity contribution in [1.29, 1.82) is 0 Å². The van der Waals surface area contributed by atoms with Gasteiger partial charge in [-0.1, -0.05) is 36.4 Å². The molecule has 0 saturated heterocycles. The monoisotopic (exact) mass is 217 g/mol. The van der Waals surface area contributed by atoms with Crippen LogP contribution in [0.3, 0.4) is 0 Å². The van der Waals surface area contributed by atoms with Gasteiger partial charge in [0.2, 0.25) is 6.29 Å². The lowest BCUT2D eigenvalue weighted by atomic mass is 10.1. The van der Waals surface area contributed by atoms with E-state index >= 15 is 0 Å². The Hall–Kier alpha value is -1.58. The molecule has 0 bridgehead atoms. The number of aliphatic hydroxyl groups is 1. The van der Waals surface area contributed by atoms with Crippen LogP contribution in [0.2, 0.25) is 0 Å². The molecule has 3 heteroatoms. The maximum Gasteiger partial charge on any atom is 0.212 e. The molecule has 0 radical (unpaired) electrons. The number of ether oxygens (including phenoxy) is 1. The molecule has 0 aliphatic rings. The zero-order valence-electron chi connectivity index (χ0n) is 9.13. The molecular weight excluding hydrogens is 202 g/mol. The van der Waals surface area contributed by atoms with Crippen LogP contribution in [-0.4, -0.2) is 17.4 Å². The molecule has 0 aromatic heterocycles. The van der Waals surface area contributed by atoms with Crippen LogP contribution < -0.4 is 10.5 Å². The first-order chi connectivity index (χ1) is 7.68. The minimum atomic E-state index is -0.981. The Labute approximate surface area is 94.5 Å². The maximum atomic E-state index is 9.59. The van der Waals surface area contributed by atoms with Crippen molar-refractivity contribution in [3.8, 4) is 5.75 Å². The summed E-state index contributed by atoms with van der Waals surface area (Å²) in [6, 6.07) is 13.2. The average Bonchev–Trinajstić information content (AvgIpc) is 2.29. The second kappa shape index (κ2) is 4.51. The Kier molecular flexibility index (Phi) is 3.08. The van der Waals surface area contributed by atoms with E-state index in [4.69, 9.17) is 10.5 Å². The third-order valence-corrected chi connectivity index (χ3v) is 2.45. The molecular formula is C13H15NO2. The predicted molar refractivity (Wildman–Crippen MR) is 64.2 cm³/mol. The minimum absolute atomic E-state index is 0.418. The third kappa shape index (κ3) is 2.15. The van der Waals surface area contributed by atoms with Crippen LogP contribution in [0.15, 0.2) is 42.5 Å². The number of hydrogen-bond acceptors (Lipinski definition) is 3. The van der Waals surface area contributed by atoms with E-state index in [1.807, 2.05) is 42.5 Å². The average molecular weight is 217 g/mol. The fraction of sp³-hybridized carbons (Fsp3) is 0.231. The summed E-state index contributed by atoms with van der Waals surface area (Å²) in [5.74, 6) is 0.655. The number of benzene rings is 2. The first-order valence-corrected chi connectivity index (χ1v) is 5.26. The normalized spacial score (nSPS) is 14.7. The molecule has 2 atom stereocenters. The Morgan fingerprint density at radius 2 is 1.81 bits per heavy atom. The summed E-state index contributed by atoms with van der Waals surface area (Å²) in [6.45, 7) is 1.70. The second-order valence-electron chi connectivity index (χ2n) is 3.84. The number of nitrogens with two attached hydrogens (primary N) is 1. The van der Waals surface area contributed by atoms with Crippen LogP contribution >= 0.6 is 0 Å². The smallest absolute Gasteiger partial charge is 0.212 e. The maximum absolute atomic E-state index is 9.59. The predicted octanol–water partition coefficient (Wildman–Crippen LogP) is 1.88. The fourth-order valence-corrected chi connectivity index (χ4v) is 1.54. The second-order valence-corrected chi connectivity index (χ2v) is 3.84. The first kappa shape index (κ1) is 10.9. The highest BCUT2D eigenvalue weighted by Crippen LogP contribution is 2.25. The van der Waals surface area contributed by atoms with E-state index in [0.717, 1.165) is 10.8 Å². The lowest BCUT2D eigenvalue weighted by molar-refractivity contribution is -0.0309. The molecule has 0 heterocycles. The standard InChI is InChI=1S/C13H15NO2/c1-9(14)13(15)16-12-8-4-6-10-5-2-3-7-11(10)12/h2-9,13,15H,14H2,1H3. The van der Waals surface area contributed by atoms with Crippen molar-refractivity contribution < 1.29 is 9.84 Å². The van der Waals surface area contributed by atoms with Gasteiger partial charge < -0.3 is 15.6 Å². The summed E-state index contributed by atoms with van der Waals surface area (Å²) >= 11 is 0. The molecule has 84 valence electrons. The van der Waals surface area contributed by atoms with Gasteiger partial charge in [-0.05, 0) is 18.4 Å². The highest BCUT2D eigenvalue weighted by molar-refractivity contribution is 5.88. The van der Waals surface area contributed by atoms with Crippen molar-refractivity contribution in [1.82, 2.24) is 0 Å². The van der Waals surface area contributed by atoms with Crippen LogP contribution in [0.4, 0.5) is 0 Å². The summed E-state index contributed by atoms with van der Waals surface area (Å²) in [7, 11) is 0. The number of rotatable bonds is 3. The molecule has 0 fully saturated rings. The van der Waals surface area contributed by atoms with Crippen LogP contribution in [0.5, 0.6) is 5.75 Å². The zero-order valence-corrected chi connectivity index (χ0v) is 9.13. The topological polar surface area (TPSA) is 55.5 Å². The minimum Gasteiger partial charge on any atom is -0.463 e. The number of hydrogen-bond donors (Lipinski definition) is 2. The van der Waals surface area contributed by atoms with Gasteiger partial charge in [0.05, 0.1) is 6.04 Å². The quantitative estimate of drug-likeness (QED) is 0.772. The Morgan fingerprint density at radius 1 is 1.12 bits per heavy atom. The van der Waals surface area contributed by atoms with Gasteiger partial charge in [-0.15, -0.1) is 0 Å². The van der Waals surface area contributed by atoms with Crippen molar-refractivity contribution in [3.05, 3.63) is 42.5 Å². The summed E-state index contributed by atoms with van der Waals surface area (Å²) < 4.78 is 5.42. The molecule has 0 spiro atoms. The number of fused-ring (bicyclic) bond motifs is 1. The van der Waals surface area contributed by atoms with Crippen LogP contribution in [-0.2, 0) is 0 Å². The van der Waals surface area contributed by atoms with Crippen molar-refractivity contribution >= 4 is 10.8 Å². The third-order valence-electron chi connectivity index (χ3n) is 2.45. The van der Waals surface area contributed by atoms with Crippen molar-refractivity contribution in [3.63, 3.8) is 0 Å². The summed E-state index contributed by atoms with van der Waals surface area (Å²) in [5.41, 5.74) is 5.55. The molecule has 2 rings (SSSR count). The lowest BCUT2D eigenvalue weighted by Crippen LogP contribution is -2.35. The van der Waals surface area contributed by atoms with E-state index in [1.54, 1.807) is 6.92 Å². The molecule has 2 aromatic rings.